The average molecular weight is 314 g/mol. The lowest BCUT2D eigenvalue weighted by Crippen LogP contribution is -3.11. The summed E-state index contributed by atoms with van der Waals surface area (Å²) in [5.41, 5.74) is 0.793. The van der Waals surface area contributed by atoms with Crippen LogP contribution in [0.5, 0.6) is 0 Å². The Balaban J connectivity index is 1.57. The highest BCUT2D eigenvalue weighted by molar-refractivity contribution is 6.01. The molecular weight excluding hydrogens is 294 g/mol. The summed E-state index contributed by atoms with van der Waals surface area (Å²) in [6.07, 6.45) is 6.27. The zero-order valence-electron chi connectivity index (χ0n) is 12.9. The summed E-state index contributed by atoms with van der Waals surface area (Å²) in [5, 5.41) is 6.13. The molecule has 0 bridgehead atoms. The summed E-state index contributed by atoms with van der Waals surface area (Å²) in [4.78, 5) is 14.1. The molecule has 4 rings (SSSR count). The first-order chi connectivity index (χ1) is 11.3. The largest absolute Gasteiger partial charge is 0.467 e. The minimum atomic E-state index is -0.181. The molecule has 1 N–H and O–H groups in total. The van der Waals surface area contributed by atoms with E-state index in [1.165, 1.54) is 17.7 Å². The lowest BCUT2D eigenvalue weighted by molar-refractivity contribution is -0.879. The van der Waals surface area contributed by atoms with Crippen LogP contribution in [-0.2, 0) is 4.79 Å². The Labute approximate surface area is 134 Å². The Morgan fingerprint density at radius 1 is 1.22 bits per heavy atom. The van der Waals surface area contributed by atoms with E-state index in [0.29, 0.717) is 18.7 Å². The lowest BCUT2D eigenvalue weighted by atomic mass is 10.1. The van der Waals surface area contributed by atoms with Gasteiger partial charge in [0, 0.05) is 19.3 Å². The maximum atomic E-state index is 12.7. The second kappa shape index (κ2) is 6.04. The fourth-order valence-corrected chi connectivity index (χ4v) is 3.38. The molecule has 6 heteroatoms. The van der Waals surface area contributed by atoms with Gasteiger partial charge < -0.3 is 13.7 Å². The second-order valence-electron chi connectivity index (χ2n) is 6.13. The molecule has 0 aliphatic carbocycles. The number of rotatable bonds is 4. The third kappa shape index (κ3) is 2.82. The molecule has 2 aromatic heterocycles. The molecule has 1 atom stereocenters. The van der Waals surface area contributed by atoms with Gasteiger partial charge in [-0.1, -0.05) is 0 Å². The van der Waals surface area contributed by atoms with Crippen molar-refractivity contribution in [1.29, 1.82) is 0 Å². The van der Waals surface area contributed by atoms with Crippen LogP contribution in [0.25, 0.3) is 0 Å². The maximum Gasteiger partial charge on any atom is 0.298 e. The molecule has 0 unspecified atom stereocenters. The molecule has 1 fully saturated rings. The molecular formula is C17H20N3O3+. The first-order valence-electron chi connectivity index (χ1n) is 8.11. The Morgan fingerprint density at radius 2 is 2.00 bits per heavy atom. The van der Waals surface area contributed by atoms with Crippen LogP contribution in [0.1, 0.15) is 36.8 Å². The first kappa shape index (κ1) is 14.3. The number of hydrogen-bond donors (Lipinski definition) is 1. The van der Waals surface area contributed by atoms with Gasteiger partial charge in [-0.25, -0.2) is 5.01 Å². The van der Waals surface area contributed by atoms with Crippen molar-refractivity contribution in [1.82, 2.24) is 5.01 Å². The van der Waals surface area contributed by atoms with Gasteiger partial charge in [-0.15, -0.1) is 0 Å². The second-order valence-corrected chi connectivity index (χ2v) is 6.13. The number of nitrogens with zero attached hydrogens (tertiary/aromatic N) is 2. The van der Waals surface area contributed by atoms with E-state index in [2.05, 4.69) is 5.10 Å². The van der Waals surface area contributed by atoms with Crippen molar-refractivity contribution in [3.63, 3.8) is 0 Å². The zero-order valence-corrected chi connectivity index (χ0v) is 12.9. The van der Waals surface area contributed by atoms with Gasteiger partial charge >= 0.3 is 0 Å². The van der Waals surface area contributed by atoms with Crippen LogP contribution >= 0.6 is 0 Å². The zero-order chi connectivity index (χ0) is 15.6. The van der Waals surface area contributed by atoms with Gasteiger partial charge in [-0.3, -0.25) is 4.79 Å². The maximum absolute atomic E-state index is 12.7. The number of carbonyl (C=O) groups excluding carboxylic acids is 1. The molecule has 1 amide bonds. The number of hydrogen-bond acceptors (Lipinski definition) is 4. The summed E-state index contributed by atoms with van der Waals surface area (Å²) in [6.45, 7) is 2.63. The molecule has 6 nitrogen and oxygen atoms in total. The predicted octanol–water partition coefficient (Wildman–Crippen LogP) is 1.23. The van der Waals surface area contributed by atoms with Gasteiger partial charge in [0.1, 0.15) is 23.3 Å². The Morgan fingerprint density at radius 3 is 2.70 bits per heavy atom. The van der Waals surface area contributed by atoms with Gasteiger partial charge in [0.25, 0.3) is 5.91 Å². The van der Waals surface area contributed by atoms with E-state index in [9.17, 15) is 4.79 Å². The molecule has 0 spiro atoms. The normalized spacial score (nSPS) is 21.8. The van der Waals surface area contributed by atoms with Gasteiger partial charge in [-0.2, -0.15) is 5.10 Å². The van der Waals surface area contributed by atoms with Crippen LogP contribution in [0.3, 0.4) is 0 Å². The summed E-state index contributed by atoms with van der Waals surface area (Å²) in [6, 6.07) is 7.26. The van der Waals surface area contributed by atoms with Crippen molar-refractivity contribution in [3.8, 4) is 0 Å². The van der Waals surface area contributed by atoms with E-state index in [4.69, 9.17) is 8.83 Å². The van der Waals surface area contributed by atoms with E-state index in [-0.39, 0.29) is 11.9 Å². The molecule has 2 aromatic rings. The van der Waals surface area contributed by atoms with Gasteiger partial charge in [0.05, 0.1) is 25.6 Å². The summed E-state index contributed by atoms with van der Waals surface area (Å²) >= 11 is 0. The number of carbonyl (C=O) groups is 1. The van der Waals surface area contributed by atoms with E-state index < -0.39 is 0 Å². The predicted molar refractivity (Wildman–Crippen MR) is 83.0 cm³/mol. The summed E-state index contributed by atoms with van der Waals surface area (Å²) in [5.74, 6) is 1.52. The molecule has 23 heavy (non-hydrogen) atoms. The minimum Gasteiger partial charge on any atom is -0.467 e. The first-order valence-corrected chi connectivity index (χ1v) is 8.11. The molecule has 0 saturated carbocycles. The molecule has 2 aliphatic rings. The minimum absolute atomic E-state index is 0.0462. The molecule has 4 heterocycles. The van der Waals surface area contributed by atoms with Gasteiger partial charge in [-0.05, 0) is 24.3 Å². The quantitative estimate of drug-likeness (QED) is 0.923. The van der Waals surface area contributed by atoms with Crippen LogP contribution in [0, 0.1) is 0 Å². The molecule has 1 saturated heterocycles. The fourth-order valence-electron chi connectivity index (χ4n) is 3.38. The number of nitrogens with one attached hydrogen (secondary N) is 1. The van der Waals surface area contributed by atoms with Crippen LogP contribution in [0.15, 0.2) is 50.7 Å². The number of hydrazone groups is 1. The standard InChI is InChI=1S/C17H19N3O3/c21-17(12-19-7-1-2-8-19)20-14(16-6-4-10-23-16)11-13(18-20)15-5-3-9-22-15/h3-6,9-10,14H,1-2,7-8,11-12H2/p+1/t14-/m0/s1. The lowest BCUT2D eigenvalue weighted by Gasteiger charge is -2.21. The van der Waals surface area contributed by atoms with E-state index in [1.807, 2.05) is 24.3 Å². The molecule has 0 radical (unpaired) electrons. The van der Waals surface area contributed by atoms with Crippen molar-refractivity contribution >= 4 is 11.6 Å². The van der Waals surface area contributed by atoms with Crippen molar-refractivity contribution in [3.05, 3.63) is 48.3 Å². The van der Waals surface area contributed by atoms with Crippen molar-refractivity contribution in [2.45, 2.75) is 25.3 Å². The number of amides is 1. The highest BCUT2D eigenvalue weighted by atomic mass is 16.3. The summed E-state index contributed by atoms with van der Waals surface area (Å²) in [7, 11) is 0. The van der Waals surface area contributed by atoms with Gasteiger partial charge in [0.15, 0.2) is 6.54 Å². The van der Waals surface area contributed by atoms with Crippen LogP contribution in [0.2, 0.25) is 0 Å². The highest BCUT2D eigenvalue weighted by Crippen LogP contribution is 2.32. The molecule has 2 aliphatic heterocycles. The van der Waals surface area contributed by atoms with E-state index >= 15 is 0 Å². The Hall–Kier alpha value is -2.34. The topological polar surface area (TPSA) is 63.4 Å². The van der Waals surface area contributed by atoms with E-state index in [0.717, 1.165) is 24.6 Å². The average Bonchev–Trinajstić information content (AvgIpc) is 3.30. The number of likely N-dealkylation sites (tertiary alicyclic amines) is 1. The van der Waals surface area contributed by atoms with Gasteiger partial charge in [0.2, 0.25) is 0 Å². The monoisotopic (exact) mass is 314 g/mol. The molecule has 120 valence electrons. The third-order valence-electron chi connectivity index (χ3n) is 4.55. The van der Waals surface area contributed by atoms with Crippen LogP contribution in [0.4, 0.5) is 0 Å². The van der Waals surface area contributed by atoms with Crippen molar-refractivity contribution in [2.75, 3.05) is 19.6 Å². The third-order valence-corrected chi connectivity index (χ3v) is 4.55. The van der Waals surface area contributed by atoms with Crippen molar-refractivity contribution in [2.24, 2.45) is 5.10 Å². The van der Waals surface area contributed by atoms with Crippen LogP contribution in [-0.4, -0.2) is 36.3 Å². The Kier molecular flexibility index (Phi) is 3.75. The SMILES string of the molecule is O=C(C[NH+]1CCCC1)N1N=C(c2ccco2)C[C@H]1c1ccco1. The smallest absolute Gasteiger partial charge is 0.298 e. The Bertz CT molecular complexity index is 685. The number of furan rings is 2. The fraction of sp³-hybridized carbons (Fsp3) is 0.412. The number of quaternary nitrogens is 1. The van der Waals surface area contributed by atoms with E-state index in [1.54, 1.807) is 17.5 Å². The summed E-state index contributed by atoms with van der Waals surface area (Å²) < 4.78 is 11.0. The van der Waals surface area contributed by atoms with Crippen LogP contribution < -0.4 is 4.90 Å². The highest BCUT2D eigenvalue weighted by Gasteiger charge is 2.37. The van der Waals surface area contributed by atoms with Crippen molar-refractivity contribution < 1.29 is 18.5 Å². The molecule has 0 aromatic carbocycles.